The van der Waals surface area contributed by atoms with Gasteiger partial charge in [-0.3, -0.25) is 4.79 Å². The van der Waals surface area contributed by atoms with Crippen molar-refractivity contribution in [1.82, 2.24) is 4.90 Å². The lowest BCUT2D eigenvalue weighted by Crippen LogP contribution is -2.32. The van der Waals surface area contributed by atoms with Gasteiger partial charge in [0.2, 0.25) is 5.91 Å². The van der Waals surface area contributed by atoms with Crippen LogP contribution in [0.3, 0.4) is 0 Å². The third kappa shape index (κ3) is 5.11. The van der Waals surface area contributed by atoms with Crippen LogP contribution in [0.15, 0.2) is 42.5 Å². The second-order valence-electron chi connectivity index (χ2n) is 5.71. The van der Waals surface area contributed by atoms with Gasteiger partial charge in [-0.25, -0.2) is 0 Å². The monoisotopic (exact) mass is 363 g/mol. The summed E-state index contributed by atoms with van der Waals surface area (Å²) < 4.78 is 10.4. The van der Waals surface area contributed by atoms with Crippen LogP contribution in [-0.4, -0.2) is 43.7 Å². The van der Waals surface area contributed by atoms with Crippen LogP contribution < -0.4 is 9.47 Å². The highest BCUT2D eigenvalue weighted by Crippen LogP contribution is 2.30. The summed E-state index contributed by atoms with van der Waals surface area (Å²) in [6, 6.07) is 12.3. The molecule has 0 heterocycles. The van der Waals surface area contributed by atoms with Gasteiger partial charge < -0.3 is 19.5 Å². The minimum atomic E-state index is -0.820. The molecule has 2 aromatic carbocycles. The highest BCUT2D eigenvalue weighted by molar-refractivity contribution is 6.30. The molecular formula is C19H22ClNO4. The van der Waals surface area contributed by atoms with Crippen molar-refractivity contribution < 1.29 is 19.4 Å². The van der Waals surface area contributed by atoms with Crippen LogP contribution in [0.4, 0.5) is 0 Å². The van der Waals surface area contributed by atoms with Crippen molar-refractivity contribution in [3.8, 4) is 11.5 Å². The maximum absolute atomic E-state index is 12.3. The van der Waals surface area contributed by atoms with Gasteiger partial charge in [-0.15, -0.1) is 0 Å². The molecule has 1 amide bonds. The standard InChI is InChI=1S/C19H22ClNO4/c1-21(19(23)10-13-4-7-15(20)8-5-13)12-16(22)14-6-9-17(24-2)18(11-14)25-3/h4-9,11,16,22H,10,12H2,1-3H3. The number of nitrogens with zero attached hydrogens (tertiary/aromatic N) is 1. The van der Waals surface area contributed by atoms with Gasteiger partial charge in [-0.2, -0.15) is 0 Å². The molecule has 0 radical (unpaired) electrons. The van der Waals surface area contributed by atoms with Crippen LogP contribution in [0, 0.1) is 0 Å². The molecular weight excluding hydrogens is 342 g/mol. The maximum Gasteiger partial charge on any atom is 0.226 e. The molecule has 5 nitrogen and oxygen atoms in total. The van der Waals surface area contributed by atoms with E-state index in [0.717, 1.165) is 5.56 Å². The molecule has 134 valence electrons. The first-order chi connectivity index (χ1) is 11.9. The molecule has 0 aliphatic heterocycles. The molecule has 0 saturated carbocycles. The number of benzene rings is 2. The average Bonchev–Trinajstić information content (AvgIpc) is 2.62. The first-order valence-electron chi connectivity index (χ1n) is 7.83. The molecule has 0 aliphatic rings. The van der Waals surface area contributed by atoms with E-state index in [1.807, 2.05) is 12.1 Å². The van der Waals surface area contributed by atoms with Gasteiger partial charge in [0.05, 0.1) is 33.3 Å². The predicted octanol–water partition coefficient (Wildman–Crippen LogP) is 3.09. The summed E-state index contributed by atoms with van der Waals surface area (Å²) in [5.74, 6) is 1.04. The Hall–Kier alpha value is -2.24. The Morgan fingerprint density at radius 2 is 1.76 bits per heavy atom. The fourth-order valence-corrected chi connectivity index (χ4v) is 2.56. The summed E-state index contributed by atoms with van der Waals surface area (Å²) in [5, 5.41) is 11.1. The number of ether oxygens (including phenoxy) is 2. The molecule has 1 unspecified atom stereocenters. The Labute approximate surface area is 152 Å². The number of likely N-dealkylation sites (N-methyl/N-ethyl adjacent to an activating group) is 1. The van der Waals surface area contributed by atoms with Crippen LogP contribution in [-0.2, 0) is 11.2 Å². The van der Waals surface area contributed by atoms with E-state index in [0.29, 0.717) is 22.1 Å². The van der Waals surface area contributed by atoms with Crippen LogP contribution in [0.5, 0.6) is 11.5 Å². The zero-order valence-corrected chi connectivity index (χ0v) is 15.3. The number of halogens is 1. The van der Waals surface area contributed by atoms with Crippen molar-refractivity contribution in [2.24, 2.45) is 0 Å². The van der Waals surface area contributed by atoms with Crippen molar-refractivity contribution >= 4 is 17.5 Å². The zero-order chi connectivity index (χ0) is 18.4. The van der Waals surface area contributed by atoms with Crippen LogP contribution >= 0.6 is 11.6 Å². The molecule has 0 saturated heterocycles. The third-order valence-corrected chi connectivity index (χ3v) is 4.19. The SMILES string of the molecule is COc1ccc(C(O)CN(C)C(=O)Cc2ccc(Cl)cc2)cc1OC. The highest BCUT2D eigenvalue weighted by Gasteiger charge is 2.17. The van der Waals surface area contributed by atoms with E-state index in [-0.39, 0.29) is 18.9 Å². The predicted molar refractivity (Wildman–Crippen MR) is 97.3 cm³/mol. The minimum Gasteiger partial charge on any atom is -0.493 e. The van der Waals surface area contributed by atoms with Crippen molar-refractivity contribution in [2.45, 2.75) is 12.5 Å². The smallest absolute Gasteiger partial charge is 0.226 e. The lowest BCUT2D eigenvalue weighted by Gasteiger charge is -2.22. The lowest BCUT2D eigenvalue weighted by atomic mass is 10.1. The number of hydrogen-bond donors (Lipinski definition) is 1. The van der Waals surface area contributed by atoms with Gasteiger partial charge >= 0.3 is 0 Å². The highest BCUT2D eigenvalue weighted by atomic mass is 35.5. The van der Waals surface area contributed by atoms with Crippen molar-refractivity contribution in [3.05, 3.63) is 58.6 Å². The normalized spacial score (nSPS) is 11.7. The summed E-state index contributed by atoms with van der Waals surface area (Å²) >= 11 is 5.85. The molecule has 6 heteroatoms. The lowest BCUT2D eigenvalue weighted by molar-refractivity contribution is -0.130. The summed E-state index contributed by atoms with van der Waals surface area (Å²) in [4.78, 5) is 13.8. The van der Waals surface area contributed by atoms with Gasteiger partial charge in [0.15, 0.2) is 11.5 Å². The minimum absolute atomic E-state index is 0.0816. The zero-order valence-electron chi connectivity index (χ0n) is 14.5. The van der Waals surface area contributed by atoms with Crippen LogP contribution in [0.2, 0.25) is 5.02 Å². The molecule has 0 spiro atoms. The average molecular weight is 364 g/mol. The first-order valence-corrected chi connectivity index (χ1v) is 8.20. The van der Waals surface area contributed by atoms with Crippen molar-refractivity contribution in [1.29, 1.82) is 0 Å². The summed E-state index contributed by atoms with van der Waals surface area (Å²) in [5.41, 5.74) is 1.53. The topological polar surface area (TPSA) is 59.0 Å². The van der Waals surface area contributed by atoms with E-state index < -0.39 is 6.10 Å². The van der Waals surface area contributed by atoms with Gasteiger partial charge in [-0.05, 0) is 35.4 Å². The fraction of sp³-hybridized carbons (Fsp3) is 0.316. The van der Waals surface area contributed by atoms with E-state index in [1.165, 1.54) is 12.0 Å². The maximum atomic E-state index is 12.3. The van der Waals surface area contributed by atoms with E-state index in [9.17, 15) is 9.90 Å². The Balaban J connectivity index is 2.00. The molecule has 0 fully saturated rings. The van der Waals surface area contributed by atoms with E-state index in [1.54, 1.807) is 44.5 Å². The quantitative estimate of drug-likeness (QED) is 0.821. The summed E-state index contributed by atoms with van der Waals surface area (Å²) in [7, 11) is 4.76. The number of methoxy groups -OCH3 is 2. The van der Waals surface area contributed by atoms with Gasteiger partial charge in [0, 0.05) is 12.1 Å². The molecule has 1 atom stereocenters. The Morgan fingerprint density at radius 3 is 2.36 bits per heavy atom. The van der Waals surface area contributed by atoms with E-state index in [2.05, 4.69) is 0 Å². The van der Waals surface area contributed by atoms with Gasteiger partial charge in [0.1, 0.15) is 0 Å². The second-order valence-corrected chi connectivity index (χ2v) is 6.14. The number of carbonyl (C=O) groups excluding carboxylic acids is 1. The van der Waals surface area contributed by atoms with Crippen LogP contribution in [0.1, 0.15) is 17.2 Å². The summed E-state index contributed by atoms with van der Waals surface area (Å²) in [6.45, 7) is 0.182. The Morgan fingerprint density at radius 1 is 1.12 bits per heavy atom. The molecule has 2 aromatic rings. The Kier molecular flexibility index (Phi) is 6.67. The number of amides is 1. The number of hydrogen-bond acceptors (Lipinski definition) is 4. The number of aliphatic hydroxyl groups is 1. The molecule has 1 N–H and O–H groups in total. The summed E-state index contributed by atoms with van der Waals surface area (Å²) in [6.07, 6.45) is -0.564. The molecule has 0 aliphatic carbocycles. The van der Waals surface area contributed by atoms with Gasteiger partial charge in [-0.1, -0.05) is 29.8 Å². The van der Waals surface area contributed by atoms with Crippen molar-refractivity contribution in [2.75, 3.05) is 27.8 Å². The second kappa shape index (κ2) is 8.74. The van der Waals surface area contributed by atoms with Crippen molar-refractivity contribution in [3.63, 3.8) is 0 Å². The molecule has 2 rings (SSSR count). The molecule has 0 aromatic heterocycles. The number of rotatable bonds is 7. The third-order valence-electron chi connectivity index (χ3n) is 3.93. The largest absolute Gasteiger partial charge is 0.493 e. The molecule has 25 heavy (non-hydrogen) atoms. The molecule has 0 bridgehead atoms. The van der Waals surface area contributed by atoms with Crippen LogP contribution in [0.25, 0.3) is 0 Å². The van der Waals surface area contributed by atoms with Gasteiger partial charge in [0.25, 0.3) is 0 Å². The number of aliphatic hydroxyl groups excluding tert-OH is 1. The number of carbonyl (C=O) groups is 1. The fourth-order valence-electron chi connectivity index (χ4n) is 2.44. The van der Waals surface area contributed by atoms with E-state index >= 15 is 0 Å². The van der Waals surface area contributed by atoms with E-state index in [4.69, 9.17) is 21.1 Å². The first kappa shape index (κ1) is 19.1. The Bertz CT molecular complexity index is 718.